The van der Waals surface area contributed by atoms with E-state index in [9.17, 15) is 19.5 Å². The lowest BCUT2D eigenvalue weighted by atomic mass is 9.72. The van der Waals surface area contributed by atoms with Crippen molar-refractivity contribution in [2.45, 2.75) is 160 Å². The number of imidazole rings is 1. The second kappa shape index (κ2) is 19.4. The number of halogens is 1. The summed E-state index contributed by atoms with van der Waals surface area (Å²) in [6.07, 6.45) is 3.02. The normalized spacial score (nSPS) is 38.0. The van der Waals surface area contributed by atoms with Crippen molar-refractivity contribution >= 4 is 17.8 Å². The average Bonchev–Trinajstić information content (AvgIpc) is 3.81. The number of aryl methyl sites for hydroxylation is 1. The van der Waals surface area contributed by atoms with E-state index in [1.807, 2.05) is 74.6 Å². The Bertz CT molecular complexity index is 1800. The highest BCUT2D eigenvalue weighted by Gasteiger charge is 2.62. The van der Waals surface area contributed by atoms with E-state index in [0.29, 0.717) is 32.5 Å². The van der Waals surface area contributed by atoms with E-state index < -0.39 is 83.2 Å². The number of ketones is 1. The number of pyridine rings is 1. The van der Waals surface area contributed by atoms with Crippen LogP contribution in [0.15, 0.2) is 37.1 Å². The largest absolute Gasteiger partial charge is 0.455 e. The minimum Gasteiger partial charge on any atom is -0.455 e. The van der Waals surface area contributed by atoms with Crippen LogP contribution in [0.5, 0.6) is 0 Å². The van der Waals surface area contributed by atoms with Crippen molar-refractivity contribution in [2.75, 3.05) is 34.3 Å². The van der Waals surface area contributed by atoms with Crippen LogP contribution < -0.4 is 5.73 Å². The highest BCUT2D eigenvalue weighted by atomic mass is 19.1. The Morgan fingerprint density at radius 2 is 1.82 bits per heavy atom. The Balaban J connectivity index is 1.50. The molecule has 3 aliphatic heterocycles. The smallest absolute Gasteiger partial charge is 0.425 e. The summed E-state index contributed by atoms with van der Waals surface area (Å²) >= 11 is 0. The van der Waals surface area contributed by atoms with Crippen molar-refractivity contribution in [3.8, 4) is 11.3 Å². The Kier molecular flexibility index (Phi) is 15.4. The molecule has 3 N–H and O–H groups in total. The molecule has 1 amide bonds. The minimum atomic E-state index is -3.15. The number of esters is 1. The maximum atomic E-state index is 17.0. The number of hydrogen-bond acceptors (Lipinski definition) is 14. The molecule has 0 spiro atoms. The third-order valence-electron chi connectivity index (χ3n) is 13.5. The summed E-state index contributed by atoms with van der Waals surface area (Å²) < 4.78 is 50.2. The number of carbonyl (C=O) groups is 3. The summed E-state index contributed by atoms with van der Waals surface area (Å²) in [6, 6.07) is 2.06. The number of nitrogens with two attached hydrogens (primary N) is 1. The maximum Gasteiger partial charge on any atom is 0.425 e. The van der Waals surface area contributed by atoms with Crippen molar-refractivity contribution in [3.63, 3.8) is 0 Å². The number of rotatable bonds is 12. The number of cyclic esters (lactones) is 1. The molecule has 3 saturated heterocycles. The highest BCUT2D eigenvalue weighted by molar-refractivity contribution is 6.07. The van der Waals surface area contributed by atoms with E-state index >= 15 is 4.39 Å². The van der Waals surface area contributed by atoms with Crippen LogP contribution in [-0.2, 0) is 39.8 Å². The Hall–Kier alpha value is -3.58. The van der Waals surface area contributed by atoms with E-state index in [-0.39, 0.29) is 30.9 Å². The summed E-state index contributed by atoms with van der Waals surface area (Å²) in [4.78, 5) is 53.3. The van der Waals surface area contributed by atoms with E-state index in [1.54, 1.807) is 44.5 Å². The van der Waals surface area contributed by atoms with Crippen LogP contribution in [0.2, 0.25) is 0 Å². The van der Waals surface area contributed by atoms with Gasteiger partial charge in [-0.25, -0.2) is 29.0 Å². The van der Waals surface area contributed by atoms with Crippen LogP contribution in [-0.4, -0.2) is 152 Å². The summed E-state index contributed by atoms with van der Waals surface area (Å²) in [6.45, 7) is 16.8. The van der Waals surface area contributed by atoms with Gasteiger partial charge in [-0.2, -0.15) is 0 Å². The Morgan fingerprint density at radius 1 is 1.11 bits per heavy atom. The maximum absolute atomic E-state index is 17.0. The monoisotopic (exact) mass is 860 g/mol. The molecule has 2 unspecified atom stereocenters. The molecule has 16 nitrogen and oxygen atoms in total. The molecule has 17 heteroatoms. The van der Waals surface area contributed by atoms with Gasteiger partial charge in [0, 0.05) is 68.9 Å². The van der Waals surface area contributed by atoms with E-state index in [2.05, 4.69) is 9.97 Å². The van der Waals surface area contributed by atoms with Crippen molar-refractivity contribution in [1.82, 2.24) is 29.5 Å². The molecular formula is C44H70FN7O9. The number of hydrogen-bond donors (Lipinski definition) is 2. The molecule has 14 atom stereocenters. The number of ether oxygens (including phenoxy) is 5. The highest BCUT2D eigenvalue weighted by Crippen LogP contribution is 2.45. The molecule has 61 heavy (non-hydrogen) atoms. The molecule has 3 fully saturated rings. The van der Waals surface area contributed by atoms with E-state index in [1.165, 1.54) is 14.0 Å². The standard InChI is InChI=1S/C44H70FN7O9/c1-13-33-44(9)36(52(41(56)61-44)51(14-2)20-16-19-50-24-31(48-25-50)30-17-15-18-47-23-30)28(5)34(46)26(3)22-42(7,57-12)38(29(6)37(54)43(8,45)40(55)59-33)60-39-35(53)32(49(10)11)21-27(4)58-39/h15,17-18,23-29,32-36,38-39,53H,13-14,16,19-22,46H2,1-12H3/t26-,27-,28-,29+,32+,33+,34?,35-,36-,38-,39+,42+,43?,44-/m1/s1. The summed E-state index contributed by atoms with van der Waals surface area (Å²) in [7, 11) is 5.17. The van der Waals surface area contributed by atoms with Gasteiger partial charge in [0.2, 0.25) is 0 Å². The van der Waals surface area contributed by atoms with Crippen LogP contribution in [0.25, 0.3) is 11.3 Å². The Morgan fingerprint density at radius 3 is 2.43 bits per heavy atom. The lowest BCUT2D eigenvalue weighted by Crippen LogP contribution is -2.64. The van der Waals surface area contributed by atoms with Crippen molar-refractivity contribution in [1.29, 1.82) is 0 Å². The van der Waals surface area contributed by atoms with Gasteiger partial charge in [0.25, 0.3) is 5.67 Å². The van der Waals surface area contributed by atoms with Crippen LogP contribution in [0.1, 0.15) is 88.0 Å². The second-order valence-corrected chi connectivity index (χ2v) is 18.2. The fourth-order valence-corrected chi connectivity index (χ4v) is 9.86. The third kappa shape index (κ3) is 9.82. The van der Waals surface area contributed by atoms with Crippen molar-refractivity contribution in [3.05, 3.63) is 37.1 Å². The quantitative estimate of drug-likeness (QED) is 0.223. The number of aromatic nitrogens is 3. The lowest BCUT2D eigenvalue weighted by molar-refractivity contribution is -0.296. The molecule has 0 saturated carbocycles. The minimum absolute atomic E-state index is 0.138. The topological polar surface area (TPSA) is 184 Å². The number of fused-ring (bicyclic) bond motifs is 1. The van der Waals surface area contributed by atoms with Crippen LogP contribution in [0.4, 0.5) is 9.18 Å². The molecule has 5 heterocycles. The number of alkyl halides is 1. The molecule has 0 aliphatic carbocycles. The first kappa shape index (κ1) is 48.5. The van der Waals surface area contributed by atoms with Gasteiger partial charge >= 0.3 is 12.1 Å². The summed E-state index contributed by atoms with van der Waals surface area (Å²) in [5.74, 6) is -4.66. The lowest BCUT2D eigenvalue weighted by Gasteiger charge is -2.48. The van der Waals surface area contributed by atoms with Crippen molar-refractivity contribution in [2.24, 2.45) is 23.5 Å². The van der Waals surface area contributed by atoms with Gasteiger partial charge in [0.15, 0.2) is 17.7 Å². The third-order valence-corrected chi connectivity index (χ3v) is 13.5. The van der Waals surface area contributed by atoms with Gasteiger partial charge in [-0.05, 0) is 91.4 Å². The number of Topliss-reactive ketones (excluding diaryl/α,β-unsaturated/α-hetero) is 1. The fourth-order valence-electron chi connectivity index (χ4n) is 9.86. The Labute approximate surface area is 360 Å². The zero-order chi connectivity index (χ0) is 45.2. The van der Waals surface area contributed by atoms with Crippen molar-refractivity contribution < 1.29 is 47.6 Å². The van der Waals surface area contributed by atoms with Gasteiger partial charge in [0.05, 0.1) is 35.9 Å². The molecule has 2 aromatic heterocycles. The second-order valence-electron chi connectivity index (χ2n) is 18.2. The SMILES string of the molecule is CC[C@@H]1OC(=O)C(C)(F)C(=O)[C@H](C)[C@@H](O[C@@H]2O[C@H](C)C[C@H](N(C)C)[C@H]2O)[C@@](C)(OC)C[C@@H](C)C(N)[C@@H](C)[C@H]2N(N(CC)CCCn3cnc(-c4cccnc4)c3)C(=O)O[C@]12C. The first-order valence-electron chi connectivity index (χ1n) is 21.7. The van der Waals surface area contributed by atoms with E-state index in [0.717, 1.165) is 18.2 Å². The predicted molar refractivity (Wildman–Crippen MR) is 225 cm³/mol. The van der Waals surface area contributed by atoms with Gasteiger partial charge in [-0.1, -0.05) is 34.6 Å². The number of hydrazine groups is 1. The number of amides is 1. The molecule has 0 aromatic carbocycles. The molecule has 342 valence electrons. The molecule has 2 aromatic rings. The first-order chi connectivity index (χ1) is 28.6. The molecule has 3 aliphatic rings. The van der Waals surface area contributed by atoms with Crippen LogP contribution in [0.3, 0.4) is 0 Å². The van der Waals surface area contributed by atoms with Gasteiger partial charge in [-0.3, -0.25) is 9.78 Å². The van der Waals surface area contributed by atoms with Gasteiger partial charge in [-0.15, -0.1) is 0 Å². The molecular weight excluding hydrogens is 790 g/mol. The number of aliphatic hydroxyl groups excluding tert-OH is 1. The number of methoxy groups -OCH3 is 1. The zero-order valence-electron chi connectivity index (χ0n) is 38.1. The fraction of sp³-hybridized carbons (Fsp3) is 0.750. The number of likely N-dealkylation sites (N-methyl/N-ethyl adjacent to an activating group) is 1. The molecule has 0 bridgehead atoms. The van der Waals surface area contributed by atoms with E-state index in [4.69, 9.17) is 29.4 Å². The average molecular weight is 860 g/mol. The summed E-state index contributed by atoms with van der Waals surface area (Å²) in [5.41, 5.74) is 2.96. The predicted octanol–water partition coefficient (Wildman–Crippen LogP) is 4.63. The van der Waals surface area contributed by atoms with Gasteiger partial charge in [0.1, 0.15) is 12.2 Å². The summed E-state index contributed by atoms with van der Waals surface area (Å²) in [5, 5.41) is 15.0. The number of carbonyl (C=O) groups excluding carboxylic acids is 3. The number of aliphatic hydroxyl groups is 1. The van der Waals surface area contributed by atoms with Crippen LogP contribution >= 0.6 is 0 Å². The first-order valence-corrected chi connectivity index (χ1v) is 21.7. The molecule has 5 rings (SSSR count). The molecule has 0 radical (unpaired) electrons. The van der Waals surface area contributed by atoms with Crippen LogP contribution in [0, 0.1) is 17.8 Å². The number of nitrogens with zero attached hydrogens (tertiary/aromatic N) is 6. The van der Waals surface area contributed by atoms with Gasteiger partial charge < -0.3 is 44.0 Å². The zero-order valence-corrected chi connectivity index (χ0v) is 38.1.